The van der Waals surface area contributed by atoms with Crippen LogP contribution in [0, 0.1) is 0 Å². The first kappa shape index (κ1) is 27.2. The molecule has 0 atom stereocenters. The Hall–Kier alpha value is -3.86. The number of hydrogen-bond acceptors (Lipinski definition) is 4. The number of pyridine rings is 1. The number of rotatable bonds is 8. The van der Waals surface area contributed by atoms with Crippen LogP contribution >= 0.6 is 11.6 Å². The Balaban J connectivity index is 1.57. The Morgan fingerprint density at radius 3 is 2.13 bits per heavy atom. The number of aromatic nitrogens is 2. The molecule has 0 aliphatic heterocycles. The first-order valence-electron chi connectivity index (χ1n) is 10.9. The van der Waals surface area contributed by atoms with Gasteiger partial charge in [0.25, 0.3) is 0 Å². The average Bonchev–Trinajstić information content (AvgIpc) is 3.37. The third-order valence-electron chi connectivity index (χ3n) is 5.42. The zero-order valence-electron chi connectivity index (χ0n) is 19.6. The largest absolute Gasteiger partial charge is 0.497 e. The summed E-state index contributed by atoms with van der Waals surface area (Å²) in [7, 11) is 1.53. The minimum absolute atomic E-state index is 0.0390. The van der Waals surface area contributed by atoms with E-state index in [0.717, 1.165) is 30.0 Å². The number of hydrogen-bond donors (Lipinski definition) is 1. The summed E-state index contributed by atoms with van der Waals surface area (Å²) >= 11 is 5.76. The van der Waals surface area contributed by atoms with Crippen LogP contribution < -0.4 is 14.2 Å². The lowest BCUT2D eigenvalue weighted by Crippen LogP contribution is -2.07. The second-order valence-corrected chi connectivity index (χ2v) is 8.46. The van der Waals surface area contributed by atoms with Gasteiger partial charge in [-0.1, -0.05) is 29.8 Å². The number of nitrogens with zero attached hydrogens (tertiary/aromatic N) is 1. The average molecular weight is 557 g/mol. The second kappa shape index (κ2) is 10.9. The first-order valence-corrected chi connectivity index (χ1v) is 11.3. The molecule has 0 fully saturated rings. The number of alkyl halides is 6. The smallest absolute Gasteiger partial charge is 0.417 e. The van der Waals surface area contributed by atoms with E-state index in [-0.39, 0.29) is 36.1 Å². The molecule has 0 amide bonds. The van der Waals surface area contributed by atoms with Gasteiger partial charge in [0.15, 0.2) is 0 Å². The normalized spacial score (nSPS) is 11.9. The van der Waals surface area contributed by atoms with Crippen molar-refractivity contribution in [2.24, 2.45) is 0 Å². The van der Waals surface area contributed by atoms with Crippen LogP contribution in [0.25, 0.3) is 11.3 Å². The third-order valence-corrected chi connectivity index (χ3v) is 5.73. The van der Waals surface area contributed by atoms with Crippen LogP contribution in [-0.4, -0.2) is 17.1 Å². The SMILES string of the molecule is COc1ccc(COc2cc(OCc3ccc(C(F)(F)F)c(Cl)c3)ncc2-c2cc(C(F)(F)F)c[nH]2)cc1. The van der Waals surface area contributed by atoms with Crippen molar-refractivity contribution in [3.8, 4) is 28.6 Å². The minimum Gasteiger partial charge on any atom is -0.497 e. The summed E-state index contributed by atoms with van der Waals surface area (Å²) in [5.74, 6) is 0.854. The van der Waals surface area contributed by atoms with E-state index in [9.17, 15) is 26.3 Å². The summed E-state index contributed by atoms with van der Waals surface area (Å²) in [6.07, 6.45) is -7.02. The molecule has 2 heterocycles. The summed E-state index contributed by atoms with van der Waals surface area (Å²) < 4.78 is 94.8. The fourth-order valence-corrected chi connectivity index (χ4v) is 3.76. The molecule has 0 spiro atoms. The lowest BCUT2D eigenvalue weighted by molar-refractivity contribution is -0.138. The van der Waals surface area contributed by atoms with Gasteiger partial charge in [0.2, 0.25) is 5.88 Å². The maximum atomic E-state index is 13.1. The molecule has 0 radical (unpaired) electrons. The van der Waals surface area contributed by atoms with E-state index in [0.29, 0.717) is 11.3 Å². The van der Waals surface area contributed by atoms with Gasteiger partial charge < -0.3 is 19.2 Å². The molecule has 0 aliphatic carbocycles. The van der Waals surface area contributed by atoms with Crippen molar-refractivity contribution in [2.45, 2.75) is 25.6 Å². The lowest BCUT2D eigenvalue weighted by Gasteiger charge is -2.14. The molecule has 2 aromatic carbocycles. The second-order valence-electron chi connectivity index (χ2n) is 8.06. The Kier molecular flexibility index (Phi) is 7.77. The fourth-order valence-electron chi connectivity index (χ4n) is 3.45. The predicted molar refractivity (Wildman–Crippen MR) is 127 cm³/mol. The van der Waals surface area contributed by atoms with E-state index in [1.807, 2.05) is 0 Å². The quantitative estimate of drug-likeness (QED) is 0.224. The highest BCUT2D eigenvalue weighted by atomic mass is 35.5. The van der Waals surface area contributed by atoms with Gasteiger partial charge in [-0.3, -0.25) is 0 Å². The van der Waals surface area contributed by atoms with E-state index >= 15 is 0 Å². The fraction of sp³-hybridized carbons (Fsp3) is 0.192. The molecule has 0 bridgehead atoms. The number of H-pyrrole nitrogens is 1. The number of methoxy groups -OCH3 is 1. The van der Waals surface area contributed by atoms with Gasteiger partial charge in [0, 0.05) is 18.5 Å². The molecular weight excluding hydrogens is 538 g/mol. The van der Waals surface area contributed by atoms with Crippen molar-refractivity contribution >= 4 is 11.6 Å². The Labute approximate surface area is 217 Å². The van der Waals surface area contributed by atoms with Gasteiger partial charge in [0.05, 0.1) is 34.5 Å². The number of halogens is 7. The topological polar surface area (TPSA) is 56.4 Å². The van der Waals surface area contributed by atoms with E-state index in [1.165, 1.54) is 25.4 Å². The van der Waals surface area contributed by atoms with Crippen LogP contribution in [-0.2, 0) is 25.6 Å². The molecular formula is C26H19ClF6N2O3. The van der Waals surface area contributed by atoms with Gasteiger partial charge in [-0.2, -0.15) is 26.3 Å². The van der Waals surface area contributed by atoms with Crippen LogP contribution in [0.15, 0.2) is 67.0 Å². The molecule has 38 heavy (non-hydrogen) atoms. The molecule has 4 rings (SSSR count). The van der Waals surface area contributed by atoms with Crippen molar-refractivity contribution in [3.63, 3.8) is 0 Å². The molecule has 2 aromatic heterocycles. The summed E-state index contributed by atoms with van der Waals surface area (Å²) in [6, 6.07) is 12.5. The maximum absolute atomic E-state index is 13.1. The van der Waals surface area contributed by atoms with Gasteiger partial charge in [-0.05, 0) is 41.5 Å². The molecule has 0 saturated heterocycles. The van der Waals surface area contributed by atoms with Crippen molar-refractivity contribution < 1.29 is 40.6 Å². The van der Waals surface area contributed by atoms with Crippen molar-refractivity contribution in [1.29, 1.82) is 0 Å². The van der Waals surface area contributed by atoms with Crippen molar-refractivity contribution in [1.82, 2.24) is 9.97 Å². The maximum Gasteiger partial charge on any atom is 0.417 e. The summed E-state index contributed by atoms with van der Waals surface area (Å²) in [5.41, 5.74) is -0.349. The van der Waals surface area contributed by atoms with Crippen LogP contribution in [0.1, 0.15) is 22.3 Å². The van der Waals surface area contributed by atoms with E-state index in [1.54, 1.807) is 24.3 Å². The Bertz CT molecular complexity index is 1400. The van der Waals surface area contributed by atoms with Crippen molar-refractivity contribution in [3.05, 3.63) is 94.3 Å². The number of nitrogens with one attached hydrogen (secondary N) is 1. The summed E-state index contributed by atoms with van der Waals surface area (Å²) in [6.45, 7) is -0.0926. The molecule has 0 saturated carbocycles. The van der Waals surface area contributed by atoms with Gasteiger partial charge >= 0.3 is 12.4 Å². The van der Waals surface area contributed by atoms with Gasteiger partial charge in [-0.15, -0.1) is 0 Å². The van der Waals surface area contributed by atoms with E-state index in [2.05, 4.69) is 9.97 Å². The third kappa shape index (κ3) is 6.52. The molecule has 0 unspecified atom stereocenters. The van der Waals surface area contributed by atoms with Gasteiger partial charge in [-0.25, -0.2) is 4.98 Å². The molecule has 1 N–H and O–H groups in total. The highest BCUT2D eigenvalue weighted by Gasteiger charge is 2.33. The van der Waals surface area contributed by atoms with Gasteiger partial charge in [0.1, 0.15) is 24.7 Å². The summed E-state index contributed by atoms with van der Waals surface area (Å²) in [5, 5.41) is -0.474. The van der Waals surface area contributed by atoms with Crippen molar-refractivity contribution in [2.75, 3.05) is 7.11 Å². The minimum atomic E-state index is -4.59. The lowest BCUT2D eigenvalue weighted by atomic mass is 10.1. The standard InChI is InChI=1S/C26H19ClF6N2O3/c1-36-18-5-2-15(3-6-18)13-37-23-10-24(35-12-19(23)22-9-17(11-34-22)25(28,29)30)38-14-16-4-7-20(21(27)8-16)26(31,32)33/h2-12,34H,13-14H2,1H3. The highest BCUT2D eigenvalue weighted by molar-refractivity contribution is 6.31. The Morgan fingerprint density at radius 2 is 1.53 bits per heavy atom. The first-order chi connectivity index (χ1) is 17.9. The van der Waals surface area contributed by atoms with Crippen LogP contribution in [0.2, 0.25) is 5.02 Å². The zero-order valence-corrected chi connectivity index (χ0v) is 20.3. The predicted octanol–water partition coefficient (Wildman–Crippen LogP) is 7.93. The number of ether oxygens (including phenoxy) is 3. The van der Waals surface area contributed by atoms with Crippen LogP contribution in [0.4, 0.5) is 26.3 Å². The Morgan fingerprint density at radius 1 is 0.842 bits per heavy atom. The van der Waals surface area contributed by atoms with E-state index < -0.39 is 28.5 Å². The zero-order chi connectivity index (χ0) is 27.5. The number of benzene rings is 2. The number of aromatic amines is 1. The monoisotopic (exact) mass is 556 g/mol. The molecule has 5 nitrogen and oxygen atoms in total. The summed E-state index contributed by atoms with van der Waals surface area (Å²) in [4.78, 5) is 6.71. The molecule has 4 aromatic rings. The highest BCUT2D eigenvalue weighted by Crippen LogP contribution is 2.37. The molecule has 0 aliphatic rings. The molecule has 200 valence electrons. The van der Waals surface area contributed by atoms with E-state index in [4.69, 9.17) is 25.8 Å². The molecule has 12 heteroatoms. The van der Waals surface area contributed by atoms with Crippen LogP contribution in [0.5, 0.6) is 17.4 Å². The van der Waals surface area contributed by atoms with Crippen LogP contribution in [0.3, 0.4) is 0 Å².